The van der Waals surface area contributed by atoms with Gasteiger partial charge in [-0.1, -0.05) is 30.3 Å². The van der Waals surface area contributed by atoms with Crippen molar-refractivity contribution in [1.82, 2.24) is 15.3 Å². The highest BCUT2D eigenvalue weighted by Crippen LogP contribution is 2.39. The van der Waals surface area contributed by atoms with E-state index in [-0.39, 0.29) is 0 Å². The minimum atomic E-state index is 0.755. The van der Waals surface area contributed by atoms with Crippen molar-refractivity contribution in [2.45, 2.75) is 29.1 Å². The highest BCUT2D eigenvalue weighted by molar-refractivity contribution is 7.99. The summed E-state index contributed by atoms with van der Waals surface area (Å²) in [5.74, 6) is 0.840. The third kappa shape index (κ3) is 3.43. The molecule has 1 aliphatic heterocycles. The van der Waals surface area contributed by atoms with Crippen LogP contribution >= 0.6 is 11.8 Å². The summed E-state index contributed by atoms with van der Waals surface area (Å²) >= 11 is 1.60. The first-order valence-electron chi connectivity index (χ1n) is 8.43. The van der Waals surface area contributed by atoms with Crippen LogP contribution in [0.5, 0.6) is 5.75 Å². The van der Waals surface area contributed by atoms with Crippen LogP contribution in [0.15, 0.2) is 50.8 Å². The van der Waals surface area contributed by atoms with Crippen molar-refractivity contribution in [3.63, 3.8) is 0 Å². The number of anilines is 1. The van der Waals surface area contributed by atoms with Crippen molar-refractivity contribution in [2.24, 2.45) is 0 Å². The van der Waals surface area contributed by atoms with E-state index in [1.54, 1.807) is 18.9 Å². The molecule has 0 unspecified atom stereocenters. The second-order valence-electron chi connectivity index (χ2n) is 5.99. The molecule has 0 aliphatic carbocycles. The average Bonchev–Trinajstić information content (AvgIpc) is 3.15. The smallest absolute Gasteiger partial charge is 0.160 e. The summed E-state index contributed by atoms with van der Waals surface area (Å²) in [7, 11) is 1.68. The standard InChI is InChI=1S/C18H20N4O2S/c1-23-14-7-3-4-8-15(14)25-16-10-9-13(17-18(16)21-24-20-17)19-22-11-5-2-6-12-22/h3-4,7-10,19H,2,5-6,11-12H2,1H3. The molecule has 3 aromatic rings. The number of hydrogen-bond donors (Lipinski definition) is 1. The number of hydrazine groups is 1. The van der Waals surface area contributed by atoms with Gasteiger partial charge in [0.15, 0.2) is 11.0 Å². The van der Waals surface area contributed by atoms with Gasteiger partial charge in [0.25, 0.3) is 0 Å². The molecule has 7 heteroatoms. The Labute approximate surface area is 150 Å². The van der Waals surface area contributed by atoms with Gasteiger partial charge in [-0.25, -0.2) is 9.64 Å². The van der Waals surface area contributed by atoms with E-state index in [1.807, 2.05) is 30.3 Å². The Hall–Kier alpha value is -2.25. The first-order chi connectivity index (χ1) is 12.3. The number of aromatic nitrogens is 2. The zero-order valence-corrected chi connectivity index (χ0v) is 14.9. The SMILES string of the molecule is COc1ccccc1Sc1ccc(NN2CCCCC2)c2nonc12. The maximum atomic E-state index is 5.44. The van der Waals surface area contributed by atoms with Gasteiger partial charge in [0.05, 0.1) is 17.7 Å². The molecule has 0 saturated carbocycles. The summed E-state index contributed by atoms with van der Waals surface area (Å²) in [5.41, 5.74) is 5.91. The summed E-state index contributed by atoms with van der Waals surface area (Å²) < 4.78 is 10.5. The van der Waals surface area contributed by atoms with Gasteiger partial charge < -0.3 is 10.2 Å². The Kier molecular flexibility index (Phi) is 4.76. The number of nitrogens with one attached hydrogen (secondary N) is 1. The van der Waals surface area contributed by atoms with E-state index in [0.29, 0.717) is 0 Å². The zero-order chi connectivity index (χ0) is 17.1. The average molecular weight is 356 g/mol. The van der Waals surface area contributed by atoms with Crippen LogP contribution in [0, 0.1) is 0 Å². The minimum absolute atomic E-state index is 0.755. The molecule has 0 atom stereocenters. The zero-order valence-electron chi connectivity index (χ0n) is 14.1. The number of piperidine rings is 1. The molecule has 1 saturated heterocycles. The Balaban J connectivity index is 1.63. The lowest BCUT2D eigenvalue weighted by molar-refractivity contribution is 0.273. The highest BCUT2D eigenvalue weighted by Gasteiger charge is 2.17. The van der Waals surface area contributed by atoms with Gasteiger partial charge in [0, 0.05) is 18.0 Å². The molecule has 1 aromatic heterocycles. The molecule has 0 spiro atoms. The molecule has 0 amide bonds. The maximum Gasteiger partial charge on any atom is 0.160 e. The maximum absolute atomic E-state index is 5.44. The van der Waals surface area contributed by atoms with E-state index in [1.165, 1.54) is 19.3 Å². The fourth-order valence-electron chi connectivity index (χ4n) is 3.01. The van der Waals surface area contributed by atoms with Crippen molar-refractivity contribution < 1.29 is 9.37 Å². The molecule has 6 nitrogen and oxygen atoms in total. The first kappa shape index (κ1) is 16.2. The number of fused-ring (bicyclic) bond motifs is 1. The summed E-state index contributed by atoms with van der Waals surface area (Å²) in [6, 6.07) is 12.0. The third-order valence-electron chi connectivity index (χ3n) is 4.30. The lowest BCUT2D eigenvalue weighted by Gasteiger charge is -2.27. The van der Waals surface area contributed by atoms with E-state index in [0.717, 1.165) is 45.4 Å². The van der Waals surface area contributed by atoms with Crippen LogP contribution in [-0.4, -0.2) is 35.5 Å². The lowest BCUT2D eigenvalue weighted by Crippen LogP contribution is -2.34. The Morgan fingerprint density at radius 3 is 2.64 bits per heavy atom. The van der Waals surface area contributed by atoms with Crippen molar-refractivity contribution in [1.29, 1.82) is 0 Å². The number of hydrogen-bond acceptors (Lipinski definition) is 7. The van der Waals surface area contributed by atoms with Crippen LogP contribution in [0.2, 0.25) is 0 Å². The van der Waals surface area contributed by atoms with Crippen LogP contribution in [0.1, 0.15) is 19.3 Å². The fraction of sp³-hybridized carbons (Fsp3) is 0.333. The van der Waals surface area contributed by atoms with Crippen LogP contribution in [0.3, 0.4) is 0 Å². The normalized spacial score (nSPS) is 15.4. The van der Waals surface area contributed by atoms with E-state index in [2.05, 4.69) is 26.8 Å². The summed E-state index contributed by atoms with van der Waals surface area (Å²) in [6.45, 7) is 2.09. The molecular formula is C18H20N4O2S. The molecule has 0 radical (unpaired) electrons. The van der Waals surface area contributed by atoms with Gasteiger partial charge >= 0.3 is 0 Å². The van der Waals surface area contributed by atoms with E-state index in [9.17, 15) is 0 Å². The Morgan fingerprint density at radius 2 is 1.80 bits per heavy atom. The van der Waals surface area contributed by atoms with Crippen molar-refractivity contribution in [3.05, 3.63) is 36.4 Å². The van der Waals surface area contributed by atoms with Gasteiger partial charge in [0.1, 0.15) is 5.75 Å². The van der Waals surface area contributed by atoms with Crippen molar-refractivity contribution in [2.75, 3.05) is 25.6 Å². The fourth-order valence-corrected chi connectivity index (χ4v) is 4.02. The molecular weight excluding hydrogens is 336 g/mol. The molecule has 130 valence electrons. The summed E-state index contributed by atoms with van der Waals surface area (Å²) in [4.78, 5) is 2.02. The van der Waals surface area contributed by atoms with Crippen molar-refractivity contribution >= 4 is 28.5 Å². The lowest BCUT2D eigenvalue weighted by atomic mass is 10.2. The molecule has 25 heavy (non-hydrogen) atoms. The van der Waals surface area contributed by atoms with Crippen LogP contribution in [0.4, 0.5) is 5.69 Å². The third-order valence-corrected chi connectivity index (χ3v) is 5.41. The van der Waals surface area contributed by atoms with Crippen LogP contribution in [0.25, 0.3) is 11.0 Å². The monoisotopic (exact) mass is 356 g/mol. The predicted octanol–water partition coefficient (Wildman–Crippen LogP) is 4.20. The van der Waals surface area contributed by atoms with E-state index >= 15 is 0 Å². The molecule has 1 aliphatic rings. The number of ether oxygens (including phenoxy) is 1. The number of methoxy groups -OCH3 is 1. The van der Waals surface area contributed by atoms with Gasteiger partial charge in [-0.05, 0) is 47.4 Å². The largest absolute Gasteiger partial charge is 0.496 e. The van der Waals surface area contributed by atoms with Crippen LogP contribution in [-0.2, 0) is 0 Å². The van der Waals surface area contributed by atoms with E-state index in [4.69, 9.17) is 9.37 Å². The number of para-hydroxylation sites is 1. The van der Waals surface area contributed by atoms with Gasteiger partial charge in [-0.15, -0.1) is 0 Å². The molecule has 2 heterocycles. The van der Waals surface area contributed by atoms with Gasteiger partial charge in [0.2, 0.25) is 0 Å². The number of rotatable bonds is 5. The molecule has 2 aromatic carbocycles. The van der Waals surface area contributed by atoms with Gasteiger partial charge in [-0.3, -0.25) is 0 Å². The van der Waals surface area contributed by atoms with Crippen molar-refractivity contribution in [3.8, 4) is 5.75 Å². The summed E-state index contributed by atoms with van der Waals surface area (Å²) in [6.07, 6.45) is 3.73. The highest BCUT2D eigenvalue weighted by atomic mass is 32.2. The first-order valence-corrected chi connectivity index (χ1v) is 9.24. The molecule has 4 rings (SSSR count). The second kappa shape index (κ2) is 7.33. The number of nitrogens with zero attached hydrogens (tertiary/aromatic N) is 3. The molecule has 0 bridgehead atoms. The molecule has 1 fully saturated rings. The number of benzene rings is 2. The Morgan fingerprint density at radius 1 is 1.00 bits per heavy atom. The van der Waals surface area contributed by atoms with E-state index < -0.39 is 0 Å². The van der Waals surface area contributed by atoms with Crippen LogP contribution < -0.4 is 10.2 Å². The van der Waals surface area contributed by atoms with Gasteiger partial charge in [-0.2, -0.15) is 0 Å². The summed E-state index contributed by atoms with van der Waals surface area (Å²) in [5, 5.41) is 10.5. The topological polar surface area (TPSA) is 63.4 Å². The predicted molar refractivity (Wildman–Crippen MR) is 98.0 cm³/mol. The quantitative estimate of drug-likeness (QED) is 0.735. The molecule has 1 N–H and O–H groups in total. The minimum Gasteiger partial charge on any atom is -0.496 e. The Bertz CT molecular complexity index is 861. The second-order valence-corrected chi connectivity index (χ2v) is 7.07.